The fraction of sp³-hybridized carbons (Fsp3) is 0.143. The molecule has 4 radical (unpaired) electrons. The summed E-state index contributed by atoms with van der Waals surface area (Å²) in [7, 11) is 14.0. The van der Waals surface area contributed by atoms with Gasteiger partial charge in [0.2, 0.25) is 0 Å². The van der Waals surface area contributed by atoms with Crippen molar-refractivity contribution >= 4 is 32.6 Å². The lowest BCUT2D eigenvalue weighted by atomic mass is 9.59. The minimum atomic E-state index is -1.78. The van der Waals surface area contributed by atoms with E-state index < -0.39 is 29.4 Å². The number of aromatic nitrogens is 4. The standard InChI is InChI=1S/C21H13B2F2N5O/c1-29-9-14-12(4-6-27-19(14)28-29)11-7-16(24)15(17(25)8-11)10-30-20(31)13-3-2-5-26-18(13)21(30,22)23/h2-9H,10H2,1H3. The number of rotatable bonds is 3. The molecule has 0 fully saturated rings. The van der Waals surface area contributed by atoms with E-state index in [9.17, 15) is 4.79 Å². The fourth-order valence-electron chi connectivity index (χ4n) is 3.89. The van der Waals surface area contributed by atoms with Gasteiger partial charge in [-0.3, -0.25) is 14.5 Å². The molecule has 0 atom stereocenters. The van der Waals surface area contributed by atoms with E-state index in [-0.39, 0.29) is 16.8 Å². The lowest BCUT2D eigenvalue weighted by molar-refractivity contribution is 0.0727. The van der Waals surface area contributed by atoms with Crippen molar-refractivity contribution in [3.63, 3.8) is 0 Å². The van der Waals surface area contributed by atoms with Crippen LogP contribution in [0.4, 0.5) is 8.78 Å². The lowest BCUT2D eigenvalue weighted by Crippen LogP contribution is -2.45. The minimum Gasteiger partial charge on any atom is -0.340 e. The number of amides is 1. The van der Waals surface area contributed by atoms with Crippen molar-refractivity contribution in [1.82, 2.24) is 24.6 Å². The second-order valence-electron chi connectivity index (χ2n) is 7.43. The number of benzene rings is 1. The summed E-state index contributed by atoms with van der Waals surface area (Å²) in [5.41, 5.74) is 1.43. The molecular weight excluding hydrogens is 398 g/mol. The first-order valence-corrected chi connectivity index (χ1v) is 9.39. The van der Waals surface area contributed by atoms with Crippen LogP contribution in [0.3, 0.4) is 0 Å². The molecule has 4 aromatic rings. The molecule has 0 bridgehead atoms. The summed E-state index contributed by atoms with van der Waals surface area (Å²) in [6, 6.07) is 7.17. The van der Waals surface area contributed by atoms with Gasteiger partial charge in [-0.2, -0.15) is 5.10 Å². The maximum absolute atomic E-state index is 15.1. The Morgan fingerprint density at radius 1 is 1.06 bits per heavy atom. The zero-order chi connectivity index (χ0) is 21.9. The molecule has 4 heterocycles. The van der Waals surface area contributed by atoms with Crippen LogP contribution < -0.4 is 0 Å². The Balaban J connectivity index is 1.55. The molecule has 1 amide bonds. The average molecular weight is 411 g/mol. The highest BCUT2D eigenvalue weighted by Gasteiger charge is 2.43. The first-order valence-electron chi connectivity index (χ1n) is 9.39. The second-order valence-corrected chi connectivity index (χ2v) is 7.43. The van der Waals surface area contributed by atoms with Gasteiger partial charge in [-0.25, -0.2) is 13.8 Å². The van der Waals surface area contributed by atoms with E-state index in [2.05, 4.69) is 15.1 Å². The van der Waals surface area contributed by atoms with E-state index in [1.807, 2.05) is 0 Å². The van der Waals surface area contributed by atoms with E-state index in [0.717, 1.165) is 4.90 Å². The van der Waals surface area contributed by atoms with Gasteiger partial charge in [0.05, 0.1) is 33.5 Å². The van der Waals surface area contributed by atoms with E-state index in [0.29, 0.717) is 22.2 Å². The van der Waals surface area contributed by atoms with Crippen molar-refractivity contribution in [1.29, 1.82) is 0 Å². The van der Waals surface area contributed by atoms with Gasteiger partial charge in [0.1, 0.15) is 11.6 Å². The van der Waals surface area contributed by atoms with Crippen LogP contribution in [0.25, 0.3) is 22.2 Å². The number of carbonyl (C=O) groups excluding carboxylic acids is 1. The maximum Gasteiger partial charge on any atom is 0.255 e. The quantitative estimate of drug-likeness (QED) is 0.486. The largest absolute Gasteiger partial charge is 0.340 e. The summed E-state index contributed by atoms with van der Waals surface area (Å²) in [4.78, 5) is 22.0. The number of aryl methyl sites for hydroxylation is 1. The van der Waals surface area contributed by atoms with Crippen LogP contribution in [-0.2, 0) is 18.9 Å². The van der Waals surface area contributed by atoms with E-state index in [1.54, 1.807) is 30.1 Å². The van der Waals surface area contributed by atoms with Crippen molar-refractivity contribution < 1.29 is 13.6 Å². The molecule has 5 rings (SSSR count). The number of nitrogens with zero attached hydrogens (tertiary/aromatic N) is 5. The Hall–Kier alpha value is -3.55. The molecule has 0 N–H and O–H groups in total. The fourth-order valence-corrected chi connectivity index (χ4v) is 3.89. The van der Waals surface area contributed by atoms with Gasteiger partial charge >= 0.3 is 0 Å². The number of pyridine rings is 2. The molecule has 0 saturated carbocycles. The van der Waals surface area contributed by atoms with Crippen LogP contribution in [-0.4, -0.2) is 46.2 Å². The van der Waals surface area contributed by atoms with Crippen LogP contribution >= 0.6 is 0 Å². The van der Waals surface area contributed by atoms with E-state index in [4.69, 9.17) is 15.7 Å². The first-order chi connectivity index (χ1) is 14.8. The lowest BCUT2D eigenvalue weighted by Gasteiger charge is -2.33. The number of halogens is 2. The van der Waals surface area contributed by atoms with Crippen LogP contribution in [0.1, 0.15) is 21.6 Å². The predicted molar refractivity (Wildman–Crippen MR) is 111 cm³/mol. The zero-order valence-corrected chi connectivity index (χ0v) is 16.4. The number of fused-ring (bicyclic) bond motifs is 2. The summed E-state index contributed by atoms with van der Waals surface area (Å²) in [6.45, 7) is -0.446. The normalized spacial score (nSPS) is 14.9. The summed E-state index contributed by atoms with van der Waals surface area (Å²) in [6.07, 6.45) is 4.71. The van der Waals surface area contributed by atoms with Crippen molar-refractivity contribution in [2.24, 2.45) is 7.05 Å². The van der Waals surface area contributed by atoms with Gasteiger partial charge in [-0.1, -0.05) is 0 Å². The predicted octanol–water partition coefficient (Wildman–Crippen LogP) is 2.41. The molecule has 31 heavy (non-hydrogen) atoms. The monoisotopic (exact) mass is 411 g/mol. The molecule has 0 aliphatic carbocycles. The van der Waals surface area contributed by atoms with Gasteiger partial charge in [-0.05, 0) is 41.5 Å². The third kappa shape index (κ3) is 2.93. The molecule has 6 nitrogen and oxygen atoms in total. The van der Waals surface area contributed by atoms with Gasteiger partial charge in [-0.15, -0.1) is 0 Å². The SMILES string of the molecule is [B]C1([B])c2ncccc2C(=O)N1Cc1c(F)cc(-c2ccnc3nn(C)cc23)cc1F. The van der Waals surface area contributed by atoms with Crippen LogP contribution in [0.2, 0.25) is 0 Å². The highest BCUT2D eigenvalue weighted by molar-refractivity contribution is 6.42. The van der Waals surface area contributed by atoms with Gasteiger partial charge < -0.3 is 4.90 Å². The molecule has 148 valence electrons. The molecule has 0 unspecified atom stereocenters. The number of hydrogen-bond donors (Lipinski definition) is 0. The maximum atomic E-state index is 15.1. The Labute approximate surface area is 178 Å². The van der Waals surface area contributed by atoms with Crippen molar-refractivity contribution in [3.8, 4) is 11.1 Å². The smallest absolute Gasteiger partial charge is 0.255 e. The van der Waals surface area contributed by atoms with Crippen molar-refractivity contribution in [2.45, 2.75) is 11.9 Å². The third-order valence-corrected chi connectivity index (χ3v) is 5.41. The molecule has 1 aliphatic rings. The van der Waals surface area contributed by atoms with Gasteiger partial charge in [0.15, 0.2) is 5.65 Å². The van der Waals surface area contributed by atoms with Gasteiger partial charge in [0, 0.05) is 41.9 Å². The number of hydrogen-bond acceptors (Lipinski definition) is 4. The second kappa shape index (κ2) is 6.73. The molecule has 0 saturated heterocycles. The van der Waals surface area contributed by atoms with Crippen LogP contribution in [0.5, 0.6) is 0 Å². The molecule has 1 aliphatic heterocycles. The Kier molecular flexibility index (Phi) is 4.22. The Bertz CT molecular complexity index is 1350. The van der Waals surface area contributed by atoms with Gasteiger partial charge in [0.25, 0.3) is 5.91 Å². The molecular formula is C21H13B2F2N5O. The first kappa shape index (κ1) is 19.4. The molecule has 3 aromatic heterocycles. The van der Waals surface area contributed by atoms with Crippen molar-refractivity contribution in [3.05, 3.63) is 77.4 Å². The summed E-state index contributed by atoms with van der Waals surface area (Å²) < 4.78 is 31.7. The highest BCUT2D eigenvalue weighted by Crippen LogP contribution is 2.36. The topological polar surface area (TPSA) is 63.9 Å². The summed E-state index contributed by atoms with van der Waals surface area (Å²) in [5.74, 6) is -2.19. The van der Waals surface area contributed by atoms with E-state index >= 15 is 8.78 Å². The molecule has 10 heteroatoms. The average Bonchev–Trinajstić information content (AvgIpc) is 3.20. The van der Waals surface area contributed by atoms with E-state index in [1.165, 1.54) is 30.6 Å². The summed E-state index contributed by atoms with van der Waals surface area (Å²) >= 11 is 0. The van der Waals surface area contributed by atoms with Crippen LogP contribution in [0.15, 0.2) is 48.9 Å². The Morgan fingerprint density at radius 3 is 2.52 bits per heavy atom. The highest BCUT2D eigenvalue weighted by atomic mass is 19.1. The zero-order valence-electron chi connectivity index (χ0n) is 16.4. The number of carbonyl (C=O) groups is 1. The third-order valence-electron chi connectivity index (χ3n) is 5.41. The molecule has 1 aromatic carbocycles. The van der Waals surface area contributed by atoms with Crippen molar-refractivity contribution in [2.75, 3.05) is 0 Å². The molecule has 0 spiro atoms. The minimum absolute atomic E-state index is 0.160. The summed E-state index contributed by atoms with van der Waals surface area (Å²) in [5, 5.41) is 3.10. The Morgan fingerprint density at radius 2 is 1.81 bits per heavy atom. The van der Waals surface area contributed by atoms with Crippen LogP contribution in [0, 0.1) is 11.6 Å².